The molecule has 3 atom stereocenters. The molecule has 23 heavy (non-hydrogen) atoms. The summed E-state index contributed by atoms with van der Waals surface area (Å²) < 4.78 is 6.13. The van der Waals surface area contributed by atoms with Gasteiger partial charge in [0, 0.05) is 56.6 Å². The lowest BCUT2D eigenvalue weighted by molar-refractivity contribution is -0.144. The summed E-state index contributed by atoms with van der Waals surface area (Å²) in [5, 5.41) is 2.13. The van der Waals surface area contributed by atoms with Crippen molar-refractivity contribution in [3.8, 4) is 0 Å². The minimum atomic E-state index is -0.223. The van der Waals surface area contributed by atoms with Gasteiger partial charge in [0.15, 0.2) is 0 Å². The number of nitrogens with zero attached hydrogens (tertiary/aromatic N) is 3. The first-order valence-corrected chi connectivity index (χ1v) is 9.48. The number of likely N-dealkylation sites (N-methyl/N-ethyl adjacent to an activating group) is 1. The molecule has 0 bridgehead atoms. The third-order valence-corrected chi connectivity index (χ3v) is 6.28. The maximum atomic E-state index is 12.7. The number of carbonyl (C=O) groups excluding carboxylic acids is 1. The smallest absolute Gasteiger partial charge is 0.251 e. The summed E-state index contributed by atoms with van der Waals surface area (Å²) in [6, 6.07) is 4.72. The van der Waals surface area contributed by atoms with Gasteiger partial charge in [-0.2, -0.15) is 0 Å². The maximum Gasteiger partial charge on any atom is 0.251 e. The lowest BCUT2D eigenvalue weighted by atomic mass is 10.1. The van der Waals surface area contributed by atoms with E-state index in [0.29, 0.717) is 6.04 Å². The van der Waals surface area contributed by atoms with E-state index in [0.717, 1.165) is 52.1 Å². The molecular weight excluding hydrogens is 310 g/mol. The molecule has 0 N–H and O–H groups in total. The second-order valence-corrected chi connectivity index (χ2v) is 7.97. The summed E-state index contributed by atoms with van der Waals surface area (Å²) in [6.45, 7) is 5.69. The molecule has 126 valence electrons. The molecule has 0 radical (unpaired) electrons. The van der Waals surface area contributed by atoms with Gasteiger partial charge in [0.25, 0.3) is 5.91 Å². The Labute approximate surface area is 141 Å². The van der Waals surface area contributed by atoms with Crippen LogP contribution < -0.4 is 0 Å². The standard InChI is InChI=1S/C17H25N3O2S/c1-18-6-8-19(9-7-18)17(21)16-11-14-15(22-16)4-5-20(14)12-13-3-2-10-23-13/h2-3,10,14-16H,4-9,11-12H2,1H3/t14-,15-,16+/m1/s1. The molecule has 0 aromatic carbocycles. The van der Waals surface area contributed by atoms with E-state index in [-0.39, 0.29) is 18.1 Å². The van der Waals surface area contributed by atoms with Gasteiger partial charge in [0.1, 0.15) is 6.10 Å². The fraction of sp³-hybridized carbons (Fsp3) is 0.706. The van der Waals surface area contributed by atoms with Crippen molar-refractivity contribution in [1.82, 2.24) is 14.7 Å². The Morgan fingerprint density at radius 3 is 2.87 bits per heavy atom. The van der Waals surface area contributed by atoms with Gasteiger partial charge in [-0.05, 0) is 24.9 Å². The van der Waals surface area contributed by atoms with Gasteiger partial charge in [0.2, 0.25) is 0 Å². The molecule has 6 heteroatoms. The van der Waals surface area contributed by atoms with Gasteiger partial charge in [-0.1, -0.05) is 6.07 Å². The summed E-state index contributed by atoms with van der Waals surface area (Å²) >= 11 is 1.81. The molecule has 3 fully saturated rings. The number of likely N-dealkylation sites (tertiary alicyclic amines) is 1. The van der Waals surface area contributed by atoms with Crippen molar-refractivity contribution >= 4 is 17.2 Å². The van der Waals surface area contributed by atoms with Crippen LogP contribution in [0.25, 0.3) is 0 Å². The first kappa shape index (κ1) is 15.6. The average molecular weight is 335 g/mol. The first-order valence-electron chi connectivity index (χ1n) is 8.60. The molecule has 3 aliphatic heterocycles. The predicted molar refractivity (Wildman–Crippen MR) is 90.5 cm³/mol. The zero-order chi connectivity index (χ0) is 15.8. The van der Waals surface area contributed by atoms with Gasteiger partial charge in [-0.3, -0.25) is 9.69 Å². The number of thiophene rings is 1. The quantitative estimate of drug-likeness (QED) is 0.833. The molecular formula is C17H25N3O2S. The number of fused-ring (bicyclic) bond motifs is 1. The number of ether oxygens (including phenoxy) is 1. The van der Waals surface area contributed by atoms with Crippen molar-refractivity contribution in [3.63, 3.8) is 0 Å². The molecule has 4 heterocycles. The van der Waals surface area contributed by atoms with E-state index >= 15 is 0 Å². The number of amides is 1. The van der Waals surface area contributed by atoms with Crippen LogP contribution in [0.4, 0.5) is 0 Å². The molecule has 5 nitrogen and oxygen atoms in total. The zero-order valence-electron chi connectivity index (χ0n) is 13.7. The molecule has 4 rings (SSSR count). The van der Waals surface area contributed by atoms with Crippen LogP contribution in [0.5, 0.6) is 0 Å². The van der Waals surface area contributed by atoms with Crippen LogP contribution in [0.15, 0.2) is 17.5 Å². The first-order chi connectivity index (χ1) is 11.2. The Hall–Kier alpha value is -0.950. The van der Waals surface area contributed by atoms with Gasteiger partial charge >= 0.3 is 0 Å². The van der Waals surface area contributed by atoms with E-state index in [1.54, 1.807) is 0 Å². The summed E-state index contributed by atoms with van der Waals surface area (Å²) in [5.41, 5.74) is 0. The van der Waals surface area contributed by atoms with Crippen molar-refractivity contribution in [3.05, 3.63) is 22.4 Å². The van der Waals surface area contributed by atoms with Crippen molar-refractivity contribution < 1.29 is 9.53 Å². The SMILES string of the molecule is CN1CCN(C(=O)[C@@H]2C[C@@H]3[C@@H](CCN3Cc3cccs3)O2)CC1. The van der Waals surface area contributed by atoms with Crippen LogP contribution in [0.1, 0.15) is 17.7 Å². The molecule has 1 amide bonds. The monoisotopic (exact) mass is 335 g/mol. The Bertz CT molecular complexity index is 542. The molecule has 0 unspecified atom stereocenters. The molecule has 0 aliphatic carbocycles. The van der Waals surface area contributed by atoms with Crippen LogP contribution in [-0.2, 0) is 16.1 Å². The molecule has 3 saturated heterocycles. The molecule has 3 aliphatic rings. The summed E-state index contributed by atoms with van der Waals surface area (Å²) in [4.78, 5) is 20.9. The lowest BCUT2D eigenvalue weighted by Gasteiger charge is -2.34. The zero-order valence-corrected chi connectivity index (χ0v) is 14.5. The Kier molecular flexibility index (Phi) is 4.41. The van der Waals surface area contributed by atoms with E-state index in [1.165, 1.54) is 4.88 Å². The topological polar surface area (TPSA) is 36.0 Å². The average Bonchev–Trinajstić information content (AvgIpc) is 3.26. The highest BCUT2D eigenvalue weighted by Gasteiger charge is 2.46. The fourth-order valence-corrected chi connectivity index (χ4v) is 4.75. The van der Waals surface area contributed by atoms with E-state index in [2.05, 4.69) is 34.4 Å². The fourth-order valence-electron chi connectivity index (χ4n) is 4.02. The van der Waals surface area contributed by atoms with Gasteiger partial charge in [-0.15, -0.1) is 11.3 Å². The number of piperazine rings is 1. The Balaban J connectivity index is 1.36. The van der Waals surface area contributed by atoms with Gasteiger partial charge < -0.3 is 14.5 Å². The minimum absolute atomic E-state index is 0.212. The summed E-state index contributed by atoms with van der Waals surface area (Å²) in [5.74, 6) is 0.212. The third-order valence-electron chi connectivity index (χ3n) is 5.42. The highest BCUT2D eigenvalue weighted by atomic mass is 32.1. The van der Waals surface area contributed by atoms with Crippen LogP contribution >= 0.6 is 11.3 Å². The van der Waals surface area contributed by atoms with E-state index in [1.807, 2.05) is 16.2 Å². The molecule has 0 spiro atoms. The maximum absolute atomic E-state index is 12.7. The minimum Gasteiger partial charge on any atom is -0.363 e. The van der Waals surface area contributed by atoms with Gasteiger partial charge in [0.05, 0.1) is 6.10 Å². The molecule has 1 aromatic rings. The van der Waals surface area contributed by atoms with Crippen molar-refractivity contribution in [2.75, 3.05) is 39.8 Å². The van der Waals surface area contributed by atoms with Crippen molar-refractivity contribution in [2.24, 2.45) is 0 Å². The number of hydrogen-bond acceptors (Lipinski definition) is 5. The van der Waals surface area contributed by atoms with Crippen LogP contribution in [0, 0.1) is 0 Å². The molecule has 1 aromatic heterocycles. The number of rotatable bonds is 3. The van der Waals surface area contributed by atoms with Crippen molar-refractivity contribution in [2.45, 2.75) is 37.6 Å². The Morgan fingerprint density at radius 1 is 1.30 bits per heavy atom. The lowest BCUT2D eigenvalue weighted by Crippen LogP contribution is -2.50. The van der Waals surface area contributed by atoms with E-state index < -0.39 is 0 Å². The van der Waals surface area contributed by atoms with Gasteiger partial charge in [-0.25, -0.2) is 0 Å². The Morgan fingerprint density at radius 2 is 2.13 bits per heavy atom. The highest BCUT2D eigenvalue weighted by molar-refractivity contribution is 7.09. The number of carbonyl (C=O) groups is 1. The van der Waals surface area contributed by atoms with Crippen LogP contribution in [-0.4, -0.2) is 78.6 Å². The van der Waals surface area contributed by atoms with Crippen LogP contribution in [0.3, 0.4) is 0 Å². The third kappa shape index (κ3) is 3.18. The second kappa shape index (κ2) is 6.51. The summed E-state index contributed by atoms with van der Waals surface area (Å²) in [6.07, 6.45) is 1.94. The predicted octanol–water partition coefficient (Wildman–Crippen LogP) is 1.25. The summed E-state index contributed by atoms with van der Waals surface area (Å²) in [7, 11) is 2.11. The highest BCUT2D eigenvalue weighted by Crippen LogP contribution is 2.35. The van der Waals surface area contributed by atoms with Crippen molar-refractivity contribution in [1.29, 1.82) is 0 Å². The second-order valence-electron chi connectivity index (χ2n) is 6.93. The van der Waals surface area contributed by atoms with E-state index in [9.17, 15) is 4.79 Å². The number of hydrogen-bond donors (Lipinski definition) is 0. The van der Waals surface area contributed by atoms with Crippen LogP contribution in [0.2, 0.25) is 0 Å². The molecule has 0 saturated carbocycles. The largest absolute Gasteiger partial charge is 0.363 e. The van der Waals surface area contributed by atoms with E-state index in [4.69, 9.17) is 4.74 Å². The normalized spacial score (nSPS) is 32.4.